The highest BCUT2D eigenvalue weighted by atomic mass is 32.2. The molecule has 2 fully saturated rings. The number of nitrogens with zero attached hydrogens (tertiary/aromatic N) is 7. The Bertz CT molecular complexity index is 1340. The number of benzene rings is 1. The number of aromatic nitrogens is 5. The molecular weight excluding hydrogens is 548 g/mol. The lowest BCUT2D eigenvalue weighted by molar-refractivity contribution is -0.138. The number of hydrogen-bond donors (Lipinski definition) is 2. The van der Waals surface area contributed by atoms with Gasteiger partial charge in [0.1, 0.15) is 12.4 Å². The van der Waals surface area contributed by atoms with E-state index in [0.717, 1.165) is 19.6 Å². The number of aliphatic carboxylic acids is 1. The molecule has 0 unspecified atom stereocenters. The van der Waals surface area contributed by atoms with Crippen molar-refractivity contribution in [2.24, 2.45) is 0 Å². The fourth-order valence-corrected chi connectivity index (χ4v) is 5.87. The third-order valence-electron chi connectivity index (χ3n) is 7.01. The van der Waals surface area contributed by atoms with Gasteiger partial charge in [-0.3, -0.25) is 14.5 Å². The molecule has 14 heteroatoms. The largest absolute Gasteiger partial charge is 0.480 e. The van der Waals surface area contributed by atoms with Crippen LogP contribution in [0.5, 0.6) is 5.75 Å². The fourth-order valence-electron chi connectivity index (χ4n) is 4.82. The van der Waals surface area contributed by atoms with Gasteiger partial charge in [-0.25, -0.2) is 14.5 Å². The van der Waals surface area contributed by atoms with E-state index in [0.29, 0.717) is 42.5 Å². The number of amides is 2. The number of nitrogens with one attached hydrogen (secondary N) is 1. The third-order valence-corrected chi connectivity index (χ3v) is 8.32. The van der Waals surface area contributed by atoms with Gasteiger partial charge < -0.3 is 20.1 Å². The molecule has 41 heavy (non-hydrogen) atoms. The Kier molecular flexibility index (Phi) is 9.41. The van der Waals surface area contributed by atoms with Crippen LogP contribution in [0.4, 0.5) is 10.6 Å². The van der Waals surface area contributed by atoms with Crippen LogP contribution in [0.15, 0.2) is 47.8 Å². The lowest BCUT2D eigenvalue weighted by Crippen LogP contribution is -2.41. The van der Waals surface area contributed by atoms with Gasteiger partial charge in [-0.05, 0) is 79.0 Å². The highest BCUT2D eigenvalue weighted by Gasteiger charge is 2.26. The van der Waals surface area contributed by atoms with E-state index in [1.165, 1.54) is 47.5 Å². The normalized spacial score (nSPS) is 16.3. The Morgan fingerprint density at radius 2 is 1.76 bits per heavy atom. The first-order chi connectivity index (χ1) is 19.9. The van der Waals surface area contributed by atoms with E-state index in [1.807, 2.05) is 24.3 Å². The number of carboxylic acids is 1. The molecular formula is C27H32N8O5S. The first-order valence-electron chi connectivity index (χ1n) is 13.6. The highest BCUT2D eigenvalue weighted by molar-refractivity contribution is 7.99. The summed E-state index contributed by atoms with van der Waals surface area (Å²) >= 11 is 1.41. The summed E-state index contributed by atoms with van der Waals surface area (Å²) in [6.07, 6.45) is 6.08. The minimum atomic E-state index is -1.02. The number of ether oxygens (including phenoxy) is 1. The maximum Gasteiger partial charge on any atom is 0.415 e. The number of likely N-dealkylation sites (tertiary alicyclic amines) is 2. The summed E-state index contributed by atoms with van der Waals surface area (Å²) in [5.41, 5.74) is 1.73. The van der Waals surface area contributed by atoms with Crippen molar-refractivity contribution in [1.29, 1.82) is 0 Å². The van der Waals surface area contributed by atoms with Crippen LogP contribution in [0.3, 0.4) is 0 Å². The third kappa shape index (κ3) is 8.01. The van der Waals surface area contributed by atoms with Crippen LogP contribution in [0, 0.1) is 0 Å². The minimum absolute atomic E-state index is 0.146. The number of rotatable bonds is 9. The van der Waals surface area contributed by atoms with Crippen molar-refractivity contribution in [2.75, 3.05) is 31.5 Å². The van der Waals surface area contributed by atoms with Crippen molar-refractivity contribution in [3.63, 3.8) is 0 Å². The minimum Gasteiger partial charge on any atom is -0.480 e. The first kappa shape index (κ1) is 28.5. The molecule has 0 saturated carbocycles. The number of carbonyl (C=O) groups excluding carboxylic acids is 2. The molecule has 2 N–H and O–H groups in total. The molecule has 2 aromatic heterocycles. The van der Waals surface area contributed by atoms with Crippen LogP contribution in [-0.4, -0.2) is 89.5 Å². The van der Waals surface area contributed by atoms with Gasteiger partial charge in [-0.1, -0.05) is 30.3 Å². The molecule has 2 aliphatic rings. The zero-order valence-electron chi connectivity index (χ0n) is 22.5. The topological polar surface area (TPSA) is 156 Å². The van der Waals surface area contributed by atoms with Gasteiger partial charge in [-0.15, -0.1) is 5.10 Å². The van der Waals surface area contributed by atoms with Crippen molar-refractivity contribution in [1.82, 2.24) is 35.0 Å². The van der Waals surface area contributed by atoms with Crippen LogP contribution in [0.2, 0.25) is 0 Å². The van der Waals surface area contributed by atoms with Crippen molar-refractivity contribution < 1.29 is 24.2 Å². The number of tetrazole rings is 1. The van der Waals surface area contributed by atoms with Crippen molar-refractivity contribution in [2.45, 2.75) is 55.6 Å². The second-order valence-corrected chi connectivity index (χ2v) is 11.3. The van der Waals surface area contributed by atoms with Crippen LogP contribution in [0.1, 0.15) is 48.0 Å². The van der Waals surface area contributed by atoms with Gasteiger partial charge in [-0.2, -0.15) is 0 Å². The monoisotopic (exact) mass is 580 g/mol. The summed E-state index contributed by atoms with van der Waals surface area (Å²) in [7, 11) is 0. The summed E-state index contributed by atoms with van der Waals surface area (Å²) in [5, 5.41) is 23.5. The SMILES string of the molecule is O=C(O)Cn1nnnc1SC1CCN(C(=O)Oc2ccc(NC(=O)c3ccc(CN4CCCCC4)cc3)nc2)CC1. The second kappa shape index (κ2) is 13.5. The molecule has 1 aromatic carbocycles. The van der Waals surface area contributed by atoms with E-state index in [-0.39, 0.29) is 23.5 Å². The average Bonchev–Trinajstić information content (AvgIpc) is 3.41. The first-order valence-corrected chi connectivity index (χ1v) is 14.5. The van der Waals surface area contributed by atoms with Gasteiger partial charge in [0.2, 0.25) is 5.16 Å². The van der Waals surface area contributed by atoms with Gasteiger partial charge in [0.25, 0.3) is 5.91 Å². The second-order valence-electron chi connectivity index (χ2n) is 10.1. The van der Waals surface area contributed by atoms with Crippen LogP contribution >= 0.6 is 11.8 Å². The zero-order chi connectivity index (χ0) is 28.6. The Labute approximate surface area is 241 Å². The molecule has 2 saturated heterocycles. The Hall–Kier alpha value is -4.04. The molecule has 0 aliphatic carbocycles. The Morgan fingerprint density at radius 3 is 2.44 bits per heavy atom. The number of piperidine rings is 2. The van der Waals surface area contributed by atoms with E-state index in [2.05, 4.69) is 30.7 Å². The zero-order valence-corrected chi connectivity index (χ0v) is 23.3. The molecule has 0 spiro atoms. The molecule has 13 nitrogen and oxygen atoms in total. The van der Waals surface area contributed by atoms with E-state index in [1.54, 1.807) is 17.0 Å². The summed E-state index contributed by atoms with van der Waals surface area (Å²) in [6, 6.07) is 10.8. The number of carbonyl (C=O) groups is 3. The maximum absolute atomic E-state index is 12.7. The molecule has 0 radical (unpaired) electrons. The molecule has 5 rings (SSSR count). The molecule has 2 aliphatic heterocycles. The summed E-state index contributed by atoms with van der Waals surface area (Å²) in [6.45, 7) is 3.81. The molecule has 216 valence electrons. The number of hydrogen-bond acceptors (Lipinski definition) is 10. The standard InChI is InChI=1S/C27H32N8O5S/c36-24(37)18-35-26(30-31-32-35)41-22-10-14-34(15-11-22)27(39)40-21-8-9-23(28-16-21)29-25(38)20-6-4-19(5-7-20)17-33-12-2-1-3-13-33/h4-9,16,22H,1-3,10-15,17-18H2,(H,36,37)(H,28,29,38). The van der Waals surface area contributed by atoms with Crippen LogP contribution < -0.4 is 10.1 Å². The predicted octanol–water partition coefficient (Wildman–Crippen LogP) is 3.15. The average molecular weight is 581 g/mol. The molecule has 2 amide bonds. The lowest BCUT2D eigenvalue weighted by Gasteiger charge is -2.30. The van der Waals surface area contributed by atoms with Gasteiger partial charge in [0.05, 0.1) is 6.20 Å². The van der Waals surface area contributed by atoms with Gasteiger partial charge >= 0.3 is 12.1 Å². The van der Waals surface area contributed by atoms with Crippen LogP contribution in [-0.2, 0) is 17.9 Å². The lowest BCUT2D eigenvalue weighted by atomic mass is 10.1. The van der Waals surface area contributed by atoms with Crippen molar-refractivity contribution >= 4 is 35.5 Å². The van der Waals surface area contributed by atoms with Gasteiger partial charge in [0.15, 0.2) is 5.75 Å². The van der Waals surface area contributed by atoms with E-state index >= 15 is 0 Å². The molecule has 3 aromatic rings. The van der Waals surface area contributed by atoms with Crippen molar-refractivity contribution in [3.8, 4) is 5.75 Å². The summed E-state index contributed by atoms with van der Waals surface area (Å²) < 4.78 is 6.73. The Balaban J connectivity index is 1.06. The van der Waals surface area contributed by atoms with Crippen LogP contribution in [0.25, 0.3) is 0 Å². The number of thioether (sulfide) groups is 1. The Morgan fingerprint density at radius 1 is 1.00 bits per heavy atom. The quantitative estimate of drug-likeness (QED) is 0.383. The number of carboxylic acid groups (broad SMARTS) is 1. The van der Waals surface area contributed by atoms with Crippen molar-refractivity contribution in [3.05, 3.63) is 53.7 Å². The number of pyridine rings is 1. The van der Waals surface area contributed by atoms with E-state index in [9.17, 15) is 14.4 Å². The molecule has 0 bridgehead atoms. The fraction of sp³-hybridized carbons (Fsp3) is 0.444. The summed E-state index contributed by atoms with van der Waals surface area (Å²) in [5.74, 6) is -0.644. The van der Waals surface area contributed by atoms with Gasteiger partial charge in [0, 0.05) is 30.4 Å². The maximum atomic E-state index is 12.7. The van der Waals surface area contributed by atoms with E-state index in [4.69, 9.17) is 9.84 Å². The smallest absolute Gasteiger partial charge is 0.415 e. The molecule has 0 atom stereocenters. The number of anilines is 1. The molecule has 4 heterocycles. The highest BCUT2D eigenvalue weighted by Crippen LogP contribution is 2.29. The predicted molar refractivity (Wildman–Crippen MR) is 150 cm³/mol. The summed E-state index contributed by atoms with van der Waals surface area (Å²) in [4.78, 5) is 44.6. The van der Waals surface area contributed by atoms with E-state index < -0.39 is 12.1 Å².